The summed E-state index contributed by atoms with van der Waals surface area (Å²) in [6.07, 6.45) is 15.3. The Morgan fingerprint density at radius 2 is 1.42 bits per heavy atom. The highest BCUT2D eigenvalue weighted by molar-refractivity contribution is 5.35. The van der Waals surface area contributed by atoms with Crippen molar-refractivity contribution in [3.8, 4) is 11.5 Å². The van der Waals surface area contributed by atoms with Crippen LogP contribution in [-0.4, -0.2) is 13.2 Å². The van der Waals surface area contributed by atoms with Gasteiger partial charge < -0.3 is 9.47 Å². The Balaban J connectivity index is 0.00000341. The molecule has 0 saturated heterocycles. The van der Waals surface area contributed by atoms with Crippen molar-refractivity contribution in [3.63, 3.8) is 0 Å². The minimum atomic E-state index is -0.968. The van der Waals surface area contributed by atoms with Crippen molar-refractivity contribution >= 4 is 0 Å². The lowest BCUT2D eigenvalue weighted by atomic mass is 9.69. The monoisotopic (exact) mass is 438 g/mol. The molecular formula is C27H44F2O2. The Labute approximate surface area is 190 Å². The molecule has 4 heteroatoms. The van der Waals surface area contributed by atoms with E-state index in [-0.39, 0.29) is 21.8 Å². The normalized spacial score (nSPS) is 25.9. The predicted molar refractivity (Wildman–Crippen MR) is 129 cm³/mol. The van der Waals surface area contributed by atoms with E-state index in [0.29, 0.717) is 25.0 Å². The van der Waals surface area contributed by atoms with E-state index in [2.05, 4.69) is 19.2 Å². The van der Waals surface area contributed by atoms with Crippen LogP contribution in [0.5, 0.6) is 11.5 Å². The molecule has 0 N–H and O–H groups in total. The Bertz CT molecular complexity index is 698. The van der Waals surface area contributed by atoms with Crippen LogP contribution in [0.4, 0.5) is 8.78 Å². The van der Waals surface area contributed by atoms with Gasteiger partial charge in [0.15, 0.2) is 11.5 Å². The number of ether oxygens (including phenoxy) is 2. The number of benzene rings is 1. The first-order valence-electron chi connectivity index (χ1n) is 11.6. The largest absolute Gasteiger partial charge is 0.490 e. The van der Waals surface area contributed by atoms with Crippen molar-refractivity contribution < 1.29 is 21.1 Å². The molecule has 0 aromatic heterocycles. The molecule has 2 aliphatic carbocycles. The zero-order valence-corrected chi connectivity index (χ0v) is 18.1. The van der Waals surface area contributed by atoms with Gasteiger partial charge in [0.05, 0.1) is 13.2 Å². The summed E-state index contributed by atoms with van der Waals surface area (Å²) in [6.45, 7) is 8.36. The molecule has 2 aliphatic rings. The van der Waals surface area contributed by atoms with E-state index in [9.17, 15) is 8.78 Å². The van der Waals surface area contributed by atoms with Crippen molar-refractivity contribution in [1.29, 1.82) is 0 Å². The SMILES string of the molecule is C.C=CCCCOc1ccc(OCC2CCC(C3CCC(C=C)CC3)CC2)c(F)c1F.[HH].[HH]. The zero-order valence-electron chi connectivity index (χ0n) is 18.1. The number of unbranched alkanes of at least 4 members (excludes halogenated alkanes) is 1. The first-order valence-corrected chi connectivity index (χ1v) is 11.6. The standard InChI is InChI=1S/C26H36F2O2.CH4.2H2/c1-3-5-6-17-29-23-15-16-24(26(28)25(23)27)30-18-20-9-13-22(14-10-20)21-11-7-19(4-2)8-12-21;;;/h3-4,15-16,19-22H,1-2,5-14,17-18H2;1H4;2*1H. The fourth-order valence-electron chi connectivity index (χ4n) is 5.03. The van der Waals surface area contributed by atoms with Crippen LogP contribution in [0.25, 0.3) is 0 Å². The third-order valence-electron chi connectivity index (χ3n) is 7.00. The molecule has 0 amide bonds. The maximum absolute atomic E-state index is 14.4. The highest BCUT2D eigenvalue weighted by Gasteiger charge is 2.30. The van der Waals surface area contributed by atoms with Gasteiger partial charge in [0, 0.05) is 2.85 Å². The van der Waals surface area contributed by atoms with Gasteiger partial charge in [0.2, 0.25) is 11.6 Å². The van der Waals surface area contributed by atoms with E-state index in [1.807, 2.05) is 0 Å². The van der Waals surface area contributed by atoms with E-state index >= 15 is 0 Å². The van der Waals surface area contributed by atoms with Crippen molar-refractivity contribution in [2.24, 2.45) is 23.7 Å². The molecule has 1 aromatic carbocycles. The molecule has 0 aliphatic heterocycles. The summed E-state index contributed by atoms with van der Waals surface area (Å²) >= 11 is 0. The summed E-state index contributed by atoms with van der Waals surface area (Å²) in [5.41, 5.74) is 0. The zero-order chi connectivity index (χ0) is 21.3. The minimum Gasteiger partial charge on any atom is -0.490 e. The summed E-state index contributed by atoms with van der Waals surface area (Å²) in [4.78, 5) is 0. The van der Waals surface area contributed by atoms with E-state index in [4.69, 9.17) is 9.47 Å². The van der Waals surface area contributed by atoms with Gasteiger partial charge in [-0.3, -0.25) is 0 Å². The summed E-state index contributed by atoms with van der Waals surface area (Å²) in [5, 5.41) is 0. The summed E-state index contributed by atoms with van der Waals surface area (Å²) < 4.78 is 39.6. The van der Waals surface area contributed by atoms with Crippen LogP contribution < -0.4 is 9.47 Å². The molecule has 0 radical (unpaired) electrons. The van der Waals surface area contributed by atoms with Crippen molar-refractivity contribution in [1.82, 2.24) is 0 Å². The average molecular weight is 439 g/mol. The van der Waals surface area contributed by atoms with Crippen LogP contribution in [0.15, 0.2) is 37.4 Å². The molecule has 2 nitrogen and oxygen atoms in total. The van der Waals surface area contributed by atoms with Gasteiger partial charge in [-0.25, -0.2) is 0 Å². The lowest BCUT2D eigenvalue weighted by Crippen LogP contribution is -2.27. The van der Waals surface area contributed by atoms with E-state index in [1.165, 1.54) is 50.7 Å². The third kappa shape index (κ3) is 7.08. The molecule has 0 unspecified atom stereocenters. The first-order chi connectivity index (χ1) is 14.6. The minimum absolute atomic E-state index is 0. The summed E-state index contributed by atoms with van der Waals surface area (Å²) in [5.74, 6) is 0.806. The smallest absolute Gasteiger partial charge is 0.204 e. The van der Waals surface area contributed by atoms with Crippen LogP contribution in [0.2, 0.25) is 0 Å². The molecule has 3 rings (SSSR count). The average Bonchev–Trinajstić information content (AvgIpc) is 2.79. The van der Waals surface area contributed by atoms with Crippen LogP contribution in [0.3, 0.4) is 0 Å². The van der Waals surface area contributed by atoms with Crippen molar-refractivity contribution in [3.05, 3.63) is 49.1 Å². The third-order valence-corrected chi connectivity index (χ3v) is 7.00. The van der Waals surface area contributed by atoms with Crippen molar-refractivity contribution in [2.75, 3.05) is 13.2 Å². The van der Waals surface area contributed by atoms with E-state index in [1.54, 1.807) is 6.08 Å². The molecule has 2 fully saturated rings. The molecule has 1 aromatic rings. The Hall–Kier alpha value is -1.84. The number of rotatable bonds is 10. The maximum atomic E-state index is 14.4. The van der Waals surface area contributed by atoms with Crippen LogP contribution in [0.1, 0.15) is 74.5 Å². The van der Waals surface area contributed by atoms with Crippen LogP contribution in [-0.2, 0) is 0 Å². The summed E-state index contributed by atoms with van der Waals surface area (Å²) in [7, 11) is 0. The van der Waals surface area contributed by atoms with Crippen LogP contribution in [0, 0.1) is 35.3 Å². The first kappa shape index (κ1) is 25.4. The molecule has 31 heavy (non-hydrogen) atoms. The van der Waals surface area contributed by atoms with E-state index in [0.717, 1.165) is 37.5 Å². The quantitative estimate of drug-likeness (QED) is 0.269. The number of allylic oxidation sites excluding steroid dienone is 2. The highest BCUT2D eigenvalue weighted by Crippen LogP contribution is 2.41. The predicted octanol–water partition coefficient (Wildman–Crippen LogP) is 8.62. The van der Waals surface area contributed by atoms with Gasteiger partial charge in [-0.2, -0.15) is 8.78 Å². The summed E-state index contributed by atoms with van der Waals surface area (Å²) in [6, 6.07) is 2.93. The Kier molecular flexibility index (Phi) is 10.6. The topological polar surface area (TPSA) is 18.5 Å². The van der Waals surface area contributed by atoms with Crippen molar-refractivity contribution in [2.45, 2.75) is 71.6 Å². The molecule has 0 spiro atoms. The van der Waals surface area contributed by atoms with Gasteiger partial charge in [-0.05, 0) is 100 Å². The molecule has 0 bridgehead atoms. The fraction of sp³-hybridized carbons (Fsp3) is 0.630. The lowest BCUT2D eigenvalue weighted by molar-refractivity contribution is 0.127. The molecular weight excluding hydrogens is 394 g/mol. The lowest BCUT2D eigenvalue weighted by Gasteiger charge is -2.37. The van der Waals surface area contributed by atoms with Crippen LogP contribution >= 0.6 is 0 Å². The highest BCUT2D eigenvalue weighted by atomic mass is 19.2. The molecule has 2 saturated carbocycles. The second-order valence-electron chi connectivity index (χ2n) is 8.97. The number of halogens is 2. The number of hydrogen-bond donors (Lipinski definition) is 0. The molecule has 0 heterocycles. The van der Waals surface area contributed by atoms with Gasteiger partial charge >= 0.3 is 0 Å². The number of hydrogen-bond acceptors (Lipinski definition) is 2. The molecule has 178 valence electrons. The molecule has 0 atom stereocenters. The van der Waals surface area contributed by atoms with E-state index < -0.39 is 11.6 Å². The van der Waals surface area contributed by atoms with Gasteiger partial charge in [0.1, 0.15) is 0 Å². The van der Waals surface area contributed by atoms with Gasteiger partial charge in [-0.1, -0.05) is 19.6 Å². The van der Waals surface area contributed by atoms with Gasteiger partial charge in [-0.15, -0.1) is 13.2 Å². The Morgan fingerprint density at radius 1 is 0.871 bits per heavy atom. The maximum Gasteiger partial charge on any atom is 0.204 e. The van der Waals surface area contributed by atoms with Gasteiger partial charge in [0.25, 0.3) is 0 Å². The second-order valence-corrected chi connectivity index (χ2v) is 8.97. The second kappa shape index (κ2) is 12.9. The fourth-order valence-corrected chi connectivity index (χ4v) is 5.03. The Morgan fingerprint density at radius 3 is 1.97 bits per heavy atom.